The van der Waals surface area contributed by atoms with Crippen LogP contribution in [0.5, 0.6) is 0 Å². The second-order valence-corrected chi connectivity index (χ2v) is 4.15. The van der Waals surface area contributed by atoms with Crippen molar-refractivity contribution in [1.29, 1.82) is 0 Å². The Morgan fingerprint density at radius 2 is 1.24 bits per heavy atom. The van der Waals surface area contributed by atoms with E-state index < -0.39 is 0 Å². The van der Waals surface area contributed by atoms with Crippen molar-refractivity contribution in [3.05, 3.63) is 78.7 Å². The fourth-order valence-corrected chi connectivity index (χ4v) is 1.84. The van der Waals surface area contributed by atoms with Gasteiger partial charge in [-0.25, -0.2) is 0 Å². The minimum absolute atomic E-state index is 0.0371. The lowest BCUT2D eigenvalue weighted by molar-refractivity contribution is 0.0451. The standard InChI is InChI=1S/C16H17O/c1-13(2)17-16(14-9-5-3-6-10-14)15-11-7-4-8-12-15/h3-13,16H,1H2,2H3. The predicted molar refractivity (Wildman–Crippen MR) is 70.6 cm³/mol. The van der Waals surface area contributed by atoms with Gasteiger partial charge in [-0.3, -0.25) is 0 Å². The molecule has 2 aromatic rings. The molecule has 0 aliphatic heterocycles. The van der Waals surface area contributed by atoms with Crippen LogP contribution < -0.4 is 0 Å². The molecule has 1 atom stereocenters. The highest BCUT2D eigenvalue weighted by atomic mass is 16.5. The molecule has 0 saturated heterocycles. The van der Waals surface area contributed by atoms with Crippen molar-refractivity contribution in [2.75, 3.05) is 0 Å². The van der Waals surface area contributed by atoms with Crippen LogP contribution in [0.3, 0.4) is 0 Å². The van der Waals surface area contributed by atoms with Crippen LogP contribution >= 0.6 is 0 Å². The van der Waals surface area contributed by atoms with Crippen LogP contribution in [0.15, 0.2) is 60.7 Å². The first-order chi connectivity index (χ1) is 8.27. The molecular formula is C16H17O. The van der Waals surface area contributed by atoms with E-state index in [2.05, 4.69) is 31.2 Å². The molecule has 1 heteroatoms. The fraction of sp³-hybridized carbons (Fsp3) is 0.188. The maximum absolute atomic E-state index is 5.91. The molecule has 2 rings (SSSR count). The van der Waals surface area contributed by atoms with E-state index in [-0.39, 0.29) is 12.2 Å². The maximum atomic E-state index is 5.91. The molecule has 17 heavy (non-hydrogen) atoms. The Balaban J connectivity index is 2.32. The van der Waals surface area contributed by atoms with Gasteiger partial charge in [0, 0.05) is 0 Å². The zero-order valence-electron chi connectivity index (χ0n) is 10.0. The van der Waals surface area contributed by atoms with Gasteiger partial charge in [0.2, 0.25) is 0 Å². The molecule has 0 fully saturated rings. The molecule has 0 saturated carbocycles. The van der Waals surface area contributed by atoms with E-state index in [0.29, 0.717) is 0 Å². The van der Waals surface area contributed by atoms with Gasteiger partial charge in [0.05, 0.1) is 6.10 Å². The Kier molecular flexibility index (Phi) is 3.94. The lowest BCUT2D eigenvalue weighted by Gasteiger charge is -2.21. The van der Waals surface area contributed by atoms with Gasteiger partial charge in [-0.2, -0.15) is 0 Å². The summed E-state index contributed by atoms with van der Waals surface area (Å²) >= 11 is 0. The third kappa shape index (κ3) is 3.18. The summed E-state index contributed by atoms with van der Waals surface area (Å²) in [6.07, 6.45) is -0.0784. The lowest BCUT2D eigenvalue weighted by atomic mass is 10.0. The van der Waals surface area contributed by atoms with Gasteiger partial charge in [0.15, 0.2) is 0 Å². The Morgan fingerprint density at radius 3 is 1.59 bits per heavy atom. The molecule has 1 unspecified atom stereocenters. The monoisotopic (exact) mass is 225 g/mol. The van der Waals surface area contributed by atoms with Crippen LogP contribution in [0, 0.1) is 6.92 Å². The van der Waals surface area contributed by atoms with Crippen LogP contribution in [0.1, 0.15) is 24.2 Å². The van der Waals surface area contributed by atoms with E-state index in [0.717, 1.165) is 11.1 Å². The van der Waals surface area contributed by atoms with Crippen molar-refractivity contribution in [2.45, 2.75) is 19.1 Å². The summed E-state index contributed by atoms with van der Waals surface area (Å²) in [6, 6.07) is 20.5. The summed E-state index contributed by atoms with van der Waals surface area (Å²) in [7, 11) is 0. The van der Waals surface area contributed by atoms with Crippen LogP contribution in [-0.2, 0) is 4.74 Å². The Morgan fingerprint density at radius 1 is 0.824 bits per heavy atom. The molecule has 0 aliphatic rings. The highest BCUT2D eigenvalue weighted by Gasteiger charge is 2.15. The average molecular weight is 225 g/mol. The van der Waals surface area contributed by atoms with E-state index >= 15 is 0 Å². The molecule has 1 radical (unpaired) electrons. The Labute approximate surface area is 103 Å². The SMILES string of the molecule is [CH2]C(C)OC(c1ccccc1)c1ccccc1. The first-order valence-electron chi connectivity index (χ1n) is 5.86. The largest absolute Gasteiger partial charge is 0.366 e. The molecule has 0 N–H and O–H groups in total. The summed E-state index contributed by atoms with van der Waals surface area (Å²) in [5.41, 5.74) is 2.32. The molecule has 87 valence electrons. The molecular weight excluding hydrogens is 208 g/mol. The second-order valence-electron chi connectivity index (χ2n) is 4.15. The number of rotatable bonds is 4. The van der Waals surface area contributed by atoms with Gasteiger partial charge in [-0.05, 0) is 25.0 Å². The highest BCUT2D eigenvalue weighted by molar-refractivity contribution is 5.29. The van der Waals surface area contributed by atoms with Gasteiger partial charge < -0.3 is 4.74 Å². The van der Waals surface area contributed by atoms with Crippen molar-refractivity contribution in [2.24, 2.45) is 0 Å². The minimum atomic E-state index is -0.0413. The zero-order valence-corrected chi connectivity index (χ0v) is 10.0. The molecule has 0 heterocycles. The topological polar surface area (TPSA) is 9.23 Å². The molecule has 1 nitrogen and oxygen atoms in total. The van der Waals surface area contributed by atoms with Gasteiger partial charge in [0.1, 0.15) is 6.10 Å². The van der Waals surface area contributed by atoms with Gasteiger partial charge >= 0.3 is 0 Å². The zero-order chi connectivity index (χ0) is 12.1. The third-order valence-corrected chi connectivity index (χ3v) is 2.57. The van der Waals surface area contributed by atoms with Crippen LogP contribution in [0.4, 0.5) is 0 Å². The van der Waals surface area contributed by atoms with Gasteiger partial charge in [-0.15, -0.1) is 0 Å². The number of hydrogen-bond donors (Lipinski definition) is 0. The number of hydrogen-bond acceptors (Lipinski definition) is 1. The first-order valence-corrected chi connectivity index (χ1v) is 5.86. The molecule has 0 amide bonds. The van der Waals surface area contributed by atoms with Crippen LogP contribution in [-0.4, -0.2) is 6.10 Å². The van der Waals surface area contributed by atoms with Crippen molar-refractivity contribution in [1.82, 2.24) is 0 Å². The predicted octanol–water partition coefficient (Wildman–Crippen LogP) is 4.02. The normalized spacial score (nSPS) is 11.1. The molecule has 0 bridgehead atoms. The lowest BCUT2D eigenvalue weighted by Crippen LogP contribution is -2.12. The van der Waals surface area contributed by atoms with Crippen molar-refractivity contribution >= 4 is 0 Å². The summed E-state index contributed by atoms with van der Waals surface area (Å²) in [5.74, 6) is 0. The summed E-state index contributed by atoms with van der Waals surface area (Å²) < 4.78 is 5.91. The van der Waals surface area contributed by atoms with Crippen molar-refractivity contribution in [3.63, 3.8) is 0 Å². The first kappa shape index (κ1) is 11.9. The van der Waals surface area contributed by atoms with Crippen molar-refractivity contribution in [3.8, 4) is 0 Å². The Bertz CT molecular complexity index is 394. The summed E-state index contributed by atoms with van der Waals surface area (Å²) in [4.78, 5) is 0. The van der Waals surface area contributed by atoms with E-state index in [1.807, 2.05) is 43.3 Å². The fourth-order valence-electron chi connectivity index (χ4n) is 1.84. The van der Waals surface area contributed by atoms with E-state index in [1.54, 1.807) is 0 Å². The molecule has 0 aliphatic carbocycles. The molecule has 0 spiro atoms. The quantitative estimate of drug-likeness (QED) is 0.763. The van der Waals surface area contributed by atoms with E-state index in [9.17, 15) is 0 Å². The van der Waals surface area contributed by atoms with Gasteiger partial charge in [-0.1, -0.05) is 60.7 Å². The van der Waals surface area contributed by atoms with Crippen LogP contribution in [0.2, 0.25) is 0 Å². The smallest absolute Gasteiger partial charge is 0.108 e. The van der Waals surface area contributed by atoms with Gasteiger partial charge in [0.25, 0.3) is 0 Å². The van der Waals surface area contributed by atoms with E-state index in [4.69, 9.17) is 4.74 Å². The molecule has 2 aromatic carbocycles. The minimum Gasteiger partial charge on any atom is -0.366 e. The van der Waals surface area contributed by atoms with Crippen molar-refractivity contribution < 1.29 is 4.74 Å². The number of benzene rings is 2. The Hall–Kier alpha value is -1.60. The third-order valence-electron chi connectivity index (χ3n) is 2.57. The second kappa shape index (κ2) is 5.65. The summed E-state index contributed by atoms with van der Waals surface area (Å²) in [5, 5.41) is 0. The van der Waals surface area contributed by atoms with Crippen LogP contribution in [0.25, 0.3) is 0 Å². The molecule has 0 aromatic heterocycles. The van der Waals surface area contributed by atoms with E-state index in [1.165, 1.54) is 0 Å². The summed E-state index contributed by atoms with van der Waals surface area (Å²) in [6.45, 7) is 5.86. The average Bonchev–Trinajstić information content (AvgIpc) is 2.38. The number of ether oxygens (including phenoxy) is 1. The highest BCUT2D eigenvalue weighted by Crippen LogP contribution is 2.26. The maximum Gasteiger partial charge on any atom is 0.108 e.